The third-order valence-electron chi connectivity index (χ3n) is 2.41. The zero-order valence-electron chi connectivity index (χ0n) is 10.1. The molecule has 2 rings (SSSR count). The van der Waals surface area contributed by atoms with Gasteiger partial charge in [-0.15, -0.1) is 12.4 Å². The molecule has 0 amide bonds. The fourth-order valence-electron chi connectivity index (χ4n) is 1.47. The van der Waals surface area contributed by atoms with Gasteiger partial charge in [0.15, 0.2) is 0 Å². The molecule has 0 saturated carbocycles. The van der Waals surface area contributed by atoms with Crippen LogP contribution >= 0.6 is 12.4 Å². The first kappa shape index (κ1) is 15.4. The second-order valence-corrected chi connectivity index (χ2v) is 3.59. The minimum Gasteiger partial charge on any atom is -0.364 e. The zero-order chi connectivity index (χ0) is 13.1. The number of hydrogen-bond acceptors (Lipinski definition) is 3. The first-order valence-electron chi connectivity index (χ1n) is 5.39. The van der Waals surface area contributed by atoms with Crippen molar-refractivity contribution in [2.75, 3.05) is 5.32 Å². The molecule has 0 spiro atoms. The van der Waals surface area contributed by atoms with Crippen molar-refractivity contribution >= 4 is 18.2 Å². The van der Waals surface area contributed by atoms with Gasteiger partial charge in [0.05, 0.1) is 6.20 Å². The van der Waals surface area contributed by atoms with E-state index in [9.17, 15) is 13.2 Å². The van der Waals surface area contributed by atoms with Crippen LogP contribution in [0.15, 0.2) is 18.5 Å². The van der Waals surface area contributed by atoms with Crippen LogP contribution in [0.3, 0.4) is 0 Å². The zero-order valence-corrected chi connectivity index (χ0v) is 10.9. The molecule has 0 aliphatic rings. The van der Waals surface area contributed by atoms with Gasteiger partial charge in [-0.05, 0) is 6.92 Å². The van der Waals surface area contributed by atoms with E-state index in [-0.39, 0.29) is 24.8 Å². The standard InChI is InChI=1S/C10H12F3N5.ClH/c1-2-17-9(11)7(6-15-17)5-14-8-3-4-18(16-8)10(12)13;/h3-4,6,10H,2,5H2,1H3,(H,14,16);1H. The molecule has 2 heterocycles. The van der Waals surface area contributed by atoms with Crippen molar-refractivity contribution < 1.29 is 13.2 Å². The molecule has 0 aromatic carbocycles. The molecule has 0 saturated heterocycles. The van der Waals surface area contributed by atoms with Crippen LogP contribution < -0.4 is 5.32 Å². The highest BCUT2D eigenvalue weighted by atomic mass is 35.5. The summed E-state index contributed by atoms with van der Waals surface area (Å²) in [6, 6.07) is 1.40. The second kappa shape index (κ2) is 6.46. The van der Waals surface area contributed by atoms with Gasteiger partial charge in [0.25, 0.3) is 0 Å². The molecular weight excluding hydrogens is 283 g/mol. The number of anilines is 1. The van der Waals surface area contributed by atoms with Crippen molar-refractivity contribution in [2.24, 2.45) is 0 Å². The first-order chi connectivity index (χ1) is 8.61. The maximum Gasteiger partial charge on any atom is 0.333 e. The Bertz CT molecular complexity index is 525. The molecule has 0 atom stereocenters. The summed E-state index contributed by atoms with van der Waals surface area (Å²) in [5, 5.41) is 10.2. The fraction of sp³-hybridized carbons (Fsp3) is 0.400. The summed E-state index contributed by atoms with van der Waals surface area (Å²) in [6.45, 7) is -0.324. The quantitative estimate of drug-likeness (QED) is 0.922. The lowest BCUT2D eigenvalue weighted by Gasteiger charge is -2.02. The van der Waals surface area contributed by atoms with Crippen LogP contribution in [0.1, 0.15) is 19.0 Å². The van der Waals surface area contributed by atoms with Crippen LogP contribution in [0.4, 0.5) is 19.0 Å². The molecule has 106 valence electrons. The molecule has 0 radical (unpaired) electrons. The Kier molecular flexibility index (Phi) is 5.22. The fourth-order valence-corrected chi connectivity index (χ4v) is 1.47. The molecule has 0 bridgehead atoms. The van der Waals surface area contributed by atoms with E-state index in [1.54, 1.807) is 6.92 Å². The Morgan fingerprint density at radius 2 is 2.16 bits per heavy atom. The largest absolute Gasteiger partial charge is 0.364 e. The van der Waals surface area contributed by atoms with E-state index in [1.165, 1.54) is 16.9 Å². The molecule has 1 N–H and O–H groups in total. The van der Waals surface area contributed by atoms with Gasteiger partial charge in [-0.25, -0.2) is 9.36 Å². The lowest BCUT2D eigenvalue weighted by Crippen LogP contribution is -2.05. The van der Waals surface area contributed by atoms with Crippen molar-refractivity contribution in [2.45, 2.75) is 26.6 Å². The molecule has 5 nitrogen and oxygen atoms in total. The molecule has 0 fully saturated rings. The van der Waals surface area contributed by atoms with E-state index in [2.05, 4.69) is 15.5 Å². The number of nitrogens with one attached hydrogen (secondary N) is 1. The van der Waals surface area contributed by atoms with Crippen molar-refractivity contribution in [1.82, 2.24) is 19.6 Å². The SMILES string of the molecule is CCn1ncc(CNc2ccn(C(F)F)n2)c1F.Cl. The van der Waals surface area contributed by atoms with Gasteiger partial charge in [0.2, 0.25) is 5.95 Å². The number of aromatic nitrogens is 4. The second-order valence-electron chi connectivity index (χ2n) is 3.59. The Balaban J connectivity index is 0.00000180. The van der Waals surface area contributed by atoms with E-state index in [1.807, 2.05) is 0 Å². The lowest BCUT2D eigenvalue weighted by atomic mass is 10.3. The number of rotatable bonds is 5. The number of aryl methyl sites for hydroxylation is 1. The third-order valence-corrected chi connectivity index (χ3v) is 2.41. The van der Waals surface area contributed by atoms with Gasteiger partial charge in [-0.2, -0.15) is 23.4 Å². The van der Waals surface area contributed by atoms with Crippen LogP contribution in [0.5, 0.6) is 0 Å². The van der Waals surface area contributed by atoms with Crippen LogP contribution in [-0.2, 0) is 13.1 Å². The Labute approximate surface area is 113 Å². The highest BCUT2D eigenvalue weighted by Gasteiger charge is 2.10. The summed E-state index contributed by atoms with van der Waals surface area (Å²) < 4.78 is 39.8. The Morgan fingerprint density at radius 1 is 1.42 bits per heavy atom. The average Bonchev–Trinajstić information content (AvgIpc) is 2.93. The van der Waals surface area contributed by atoms with Gasteiger partial charge in [-0.3, -0.25) is 0 Å². The number of alkyl halides is 2. The summed E-state index contributed by atoms with van der Waals surface area (Å²) in [6.07, 6.45) is 2.55. The van der Waals surface area contributed by atoms with Gasteiger partial charge in [0.1, 0.15) is 5.82 Å². The van der Waals surface area contributed by atoms with E-state index in [0.29, 0.717) is 16.8 Å². The van der Waals surface area contributed by atoms with Crippen LogP contribution in [0.25, 0.3) is 0 Å². The highest BCUT2D eigenvalue weighted by molar-refractivity contribution is 5.85. The number of nitrogens with zero attached hydrogens (tertiary/aromatic N) is 4. The van der Waals surface area contributed by atoms with E-state index >= 15 is 0 Å². The highest BCUT2D eigenvalue weighted by Crippen LogP contribution is 2.13. The van der Waals surface area contributed by atoms with E-state index in [0.717, 1.165) is 6.20 Å². The molecule has 0 aliphatic carbocycles. The molecule has 0 aliphatic heterocycles. The Hall–Kier alpha value is -1.70. The molecule has 2 aromatic rings. The summed E-state index contributed by atoms with van der Waals surface area (Å²) in [5.74, 6) is -0.169. The number of halogens is 4. The predicted molar refractivity (Wildman–Crippen MR) is 65.9 cm³/mol. The summed E-state index contributed by atoms with van der Waals surface area (Å²) in [5.41, 5.74) is 0.364. The lowest BCUT2D eigenvalue weighted by molar-refractivity contribution is 0.0569. The van der Waals surface area contributed by atoms with E-state index < -0.39 is 12.5 Å². The van der Waals surface area contributed by atoms with E-state index in [4.69, 9.17) is 0 Å². The first-order valence-corrected chi connectivity index (χ1v) is 5.39. The van der Waals surface area contributed by atoms with Gasteiger partial charge >= 0.3 is 6.55 Å². The van der Waals surface area contributed by atoms with Crippen LogP contribution in [0.2, 0.25) is 0 Å². The van der Waals surface area contributed by atoms with Crippen molar-refractivity contribution in [3.8, 4) is 0 Å². The maximum atomic E-state index is 13.6. The van der Waals surface area contributed by atoms with Crippen molar-refractivity contribution in [3.63, 3.8) is 0 Å². The third kappa shape index (κ3) is 3.40. The normalized spacial score (nSPS) is 10.6. The minimum atomic E-state index is -2.68. The molecular formula is C10H13ClF3N5. The molecule has 0 unspecified atom stereocenters. The summed E-state index contributed by atoms with van der Waals surface area (Å²) in [4.78, 5) is 0. The van der Waals surface area contributed by atoms with Gasteiger partial charge in [-0.1, -0.05) is 0 Å². The van der Waals surface area contributed by atoms with Gasteiger partial charge < -0.3 is 5.32 Å². The Morgan fingerprint density at radius 3 is 2.68 bits per heavy atom. The predicted octanol–water partition coefficient (Wildman–Crippen LogP) is 2.67. The average molecular weight is 296 g/mol. The molecule has 9 heteroatoms. The van der Waals surface area contributed by atoms with Crippen molar-refractivity contribution in [3.05, 3.63) is 30.0 Å². The topological polar surface area (TPSA) is 47.7 Å². The maximum absolute atomic E-state index is 13.6. The molecule has 19 heavy (non-hydrogen) atoms. The molecule has 2 aromatic heterocycles. The van der Waals surface area contributed by atoms with Crippen LogP contribution in [-0.4, -0.2) is 19.6 Å². The minimum absolute atomic E-state index is 0. The monoisotopic (exact) mass is 295 g/mol. The van der Waals surface area contributed by atoms with Crippen molar-refractivity contribution in [1.29, 1.82) is 0 Å². The summed E-state index contributed by atoms with van der Waals surface area (Å²) in [7, 11) is 0. The number of hydrogen-bond donors (Lipinski definition) is 1. The van der Waals surface area contributed by atoms with Crippen LogP contribution in [0, 0.1) is 5.95 Å². The van der Waals surface area contributed by atoms with Gasteiger partial charge in [0, 0.05) is 30.9 Å². The smallest absolute Gasteiger partial charge is 0.333 e. The summed E-state index contributed by atoms with van der Waals surface area (Å²) >= 11 is 0.